The van der Waals surface area contributed by atoms with Crippen molar-refractivity contribution in [2.45, 2.75) is 32.1 Å². The molecule has 0 unspecified atom stereocenters. The molecule has 1 N–H and O–H groups in total. The molecule has 0 aromatic heterocycles. The van der Waals surface area contributed by atoms with Crippen LogP contribution in [0.4, 0.5) is 0 Å². The van der Waals surface area contributed by atoms with E-state index >= 15 is 0 Å². The minimum absolute atomic E-state index is 0.143. The summed E-state index contributed by atoms with van der Waals surface area (Å²) in [6, 6.07) is 8.84. The van der Waals surface area contributed by atoms with Crippen LogP contribution in [0.5, 0.6) is 5.75 Å². The van der Waals surface area contributed by atoms with E-state index in [4.69, 9.17) is 10.00 Å². The lowest BCUT2D eigenvalue weighted by atomic mass is 9.99. The molecule has 20 heavy (non-hydrogen) atoms. The molecule has 0 bridgehead atoms. The first-order valence-corrected chi connectivity index (χ1v) is 6.76. The molecule has 0 atom stereocenters. The molecule has 1 saturated carbocycles. The lowest BCUT2D eigenvalue weighted by molar-refractivity contribution is -0.123. The molecule has 5 nitrogen and oxygen atoms in total. The van der Waals surface area contributed by atoms with E-state index in [-0.39, 0.29) is 12.5 Å². The van der Waals surface area contributed by atoms with Gasteiger partial charge in [0, 0.05) is 5.71 Å². The van der Waals surface area contributed by atoms with Gasteiger partial charge in [-0.2, -0.15) is 10.4 Å². The van der Waals surface area contributed by atoms with Gasteiger partial charge in [0.1, 0.15) is 11.8 Å². The van der Waals surface area contributed by atoms with Crippen LogP contribution in [0.15, 0.2) is 29.4 Å². The van der Waals surface area contributed by atoms with Crippen molar-refractivity contribution in [3.63, 3.8) is 0 Å². The minimum Gasteiger partial charge on any atom is -0.482 e. The molecule has 5 heteroatoms. The predicted octanol–water partition coefficient (Wildman–Crippen LogP) is 2.37. The number of para-hydroxylation sites is 1. The quantitative estimate of drug-likeness (QED) is 0.854. The van der Waals surface area contributed by atoms with Gasteiger partial charge in [0.2, 0.25) is 0 Å². The Morgan fingerprint density at radius 1 is 1.30 bits per heavy atom. The first-order chi connectivity index (χ1) is 9.79. The van der Waals surface area contributed by atoms with Crippen molar-refractivity contribution in [3.05, 3.63) is 29.8 Å². The zero-order chi connectivity index (χ0) is 14.2. The number of benzene rings is 1. The monoisotopic (exact) mass is 271 g/mol. The number of nitrogens with one attached hydrogen (secondary N) is 1. The highest BCUT2D eigenvalue weighted by Crippen LogP contribution is 2.16. The van der Waals surface area contributed by atoms with Gasteiger partial charge in [0.15, 0.2) is 6.61 Å². The highest BCUT2D eigenvalue weighted by atomic mass is 16.5. The number of nitriles is 1. The first kappa shape index (κ1) is 14.1. The summed E-state index contributed by atoms with van der Waals surface area (Å²) < 4.78 is 5.33. The van der Waals surface area contributed by atoms with E-state index in [1.54, 1.807) is 24.3 Å². The number of rotatable bonds is 4. The van der Waals surface area contributed by atoms with E-state index in [1.807, 2.05) is 6.07 Å². The molecular formula is C15H17N3O2. The number of hydrogen-bond donors (Lipinski definition) is 1. The maximum Gasteiger partial charge on any atom is 0.277 e. The van der Waals surface area contributed by atoms with Gasteiger partial charge in [0.05, 0.1) is 5.56 Å². The fraction of sp³-hybridized carbons (Fsp3) is 0.400. The molecule has 1 aliphatic rings. The molecule has 104 valence electrons. The highest BCUT2D eigenvalue weighted by Gasteiger charge is 2.08. The van der Waals surface area contributed by atoms with E-state index in [2.05, 4.69) is 10.5 Å². The third-order valence-electron chi connectivity index (χ3n) is 3.14. The molecular weight excluding hydrogens is 254 g/mol. The maximum absolute atomic E-state index is 11.6. The topological polar surface area (TPSA) is 74.5 Å². The number of nitrogens with zero attached hydrogens (tertiary/aromatic N) is 2. The second-order valence-corrected chi connectivity index (χ2v) is 4.67. The van der Waals surface area contributed by atoms with Crippen molar-refractivity contribution >= 4 is 11.6 Å². The average molecular weight is 271 g/mol. The van der Waals surface area contributed by atoms with Crippen LogP contribution in [-0.2, 0) is 4.79 Å². The molecule has 0 aliphatic heterocycles. The number of amides is 1. The summed E-state index contributed by atoms with van der Waals surface area (Å²) in [7, 11) is 0. The molecule has 0 radical (unpaired) electrons. The second kappa shape index (κ2) is 7.29. The van der Waals surface area contributed by atoms with Crippen molar-refractivity contribution < 1.29 is 9.53 Å². The third kappa shape index (κ3) is 4.09. The molecule has 0 heterocycles. The molecule has 1 aliphatic carbocycles. The summed E-state index contributed by atoms with van der Waals surface area (Å²) in [6.45, 7) is -0.143. The molecule has 0 spiro atoms. The van der Waals surface area contributed by atoms with Crippen molar-refractivity contribution in [3.8, 4) is 11.8 Å². The van der Waals surface area contributed by atoms with E-state index in [1.165, 1.54) is 6.42 Å². The second-order valence-electron chi connectivity index (χ2n) is 4.67. The Labute approximate surface area is 118 Å². The zero-order valence-electron chi connectivity index (χ0n) is 11.3. The van der Waals surface area contributed by atoms with E-state index in [0.717, 1.165) is 31.4 Å². The van der Waals surface area contributed by atoms with Crippen LogP contribution in [-0.4, -0.2) is 18.2 Å². The molecule has 1 aromatic carbocycles. The summed E-state index contributed by atoms with van der Waals surface area (Å²) in [5.74, 6) is 0.103. The van der Waals surface area contributed by atoms with Crippen LogP contribution in [0, 0.1) is 11.3 Å². The summed E-state index contributed by atoms with van der Waals surface area (Å²) >= 11 is 0. The van der Waals surface area contributed by atoms with Crippen LogP contribution in [0.3, 0.4) is 0 Å². The Balaban J connectivity index is 1.82. The lowest BCUT2D eigenvalue weighted by Gasteiger charge is -2.12. The zero-order valence-corrected chi connectivity index (χ0v) is 11.3. The average Bonchev–Trinajstić information content (AvgIpc) is 2.52. The van der Waals surface area contributed by atoms with Gasteiger partial charge >= 0.3 is 0 Å². The minimum atomic E-state index is -0.309. The van der Waals surface area contributed by atoms with Crippen molar-refractivity contribution in [1.82, 2.24) is 5.43 Å². The van der Waals surface area contributed by atoms with Gasteiger partial charge in [-0.05, 0) is 37.8 Å². The standard InChI is InChI=1S/C15H17N3O2/c16-10-12-6-4-5-9-14(12)20-11-15(19)18-17-13-7-2-1-3-8-13/h4-6,9H,1-3,7-8,11H2,(H,18,19). The number of hydrazone groups is 1. The Morgan fingerprint density at radius 2 is 2.05 bits per heavy atom. The Morgan fingerprint density at radius 3 is 2.80 bits per heavy atom. The molecule has 1 aromatic rings. The Bertz CT molecular complexity index is 538. The smallest absolute Gasteiger partial charge is 0.277 e. The predicted molar refractivity (Wildman–Crippen MR) is 75.3 cm³/mol. The fourth-order valence-corrected chi connectivity index (χ4v) is 2.07. The highest BCUT2D eigenvalue weighted by molar-refractivity contribution is 5.87. The number of ether oxygens (including phenoxy) is 1. The van der Waals surface area contributed by atoms with Gasteiger partial charge in [-0.1, -0.05) is 18.6 Å². The van der Waals surface area contributed by atoms with E-state index in [0.29, 0.717) is 11.3 Å². The summed E-state index contributed by atoms with van der Waals surface area (Å²) in [6.07, 6.45) is 5.43. The van der Waals surface area contributed by atoms with E-state index < -0.39 is 0 Å². The largest absolute Gasteiger partial charge is 0.482 e. The van der Waals surface area contributed by atoms with Crippen molar-refractivity contribution in [1.29, 1.82) is 5.26 Å². The van der Waals surface area contributed by atoms with Crippen LogP contribution in [0.25, 0.3) is 0 Å². The summed E-state index contributed by atoms with van der Waals surface area (Å²) in [4.78, 5) is 11.6. The first-order valence-electron chi connectivity index (χ1n) is 6.76. The van der Waals surface area contributed by atoms with Crippen LogP contribution in [0.1, 0.15) is 37.7 Å². The summed E-state index contributed by atoms with van der Waals surface area (Å²) in [5.41, 5.74) is 3.96. The molecule has 0 saturated heterocycles. The van der Waals surface area contributed by atoms with Gasteiger partial charge in [-0.3, -0.25) is 4.79 Å². The van der Waals surface area contributed by atoms with Gasteiger partial charge in [-0.25, -0.2) is 5.43 Å². The van der Waals surface area contributed by atoms with Crippen LogP contribution in [0.2, 0.25) is 0 Å². The van der Waals surface area contributed by atoms with Crippen molar-refractivity contribution in [2.24, 2.45) is 5.10 Å². The number of carbonyl (C=O) groups excluding carboxylic acids is 1. The SMILES string of the molecule is N#Cc1ccccc1OCC(=O)NN=C1CCCCC1. The molecule has 1 fully saturated rings. The summed E-state index contributed by atoms with van der Waals surface area (Å²) in [5, 5.41) is 13.0. The third-order valence-corrected chi connectivity index (χ3v) is 3.14. The van der Waals surface area contributed by atoms with Crippen LogP contribution < -0.4 is 10.2 Å². The molecule has 1 amide bonds. The Hall–Kier alpha value is -2.35. The molecule has 2 rings (SSSR count). The van der Waals surface area contributed by atoms with Crippen LogP contribution >= 0.6 is 0 Å². The van der Waals surface area contributed by atoms with Gasteiger partial charge < -0.3 is 4.74 Å². The Kier molecular flexibility index (Phi) is 5.13. The fourth-order valence-electron chi connectivity index (χ4n) is 2.07. The maximum atomic E-state index is 11.6. The van der Waals surface area contributed by atoms with Gasteiger partial charge in [-0.15, -0.1) is 0 Å². The van der Waals surface area contributed by atoms with Crippen molar-refractivity contribution in [2.75, 3.05) is 6.61 Å². The lowest BCUT2D eigenvalue weighted by Crippen LogP contribution is -2.26. The van der Waals surface area contributed by atoms with E-state index in [9.17, 15) is 4.79 Å². The van der Waals surface area contributed by atoms with Gasteiger partial charge in [0.25, 0.3) is 5.91 Å². The number of carbonyl (C=O) groups is 1. The normalized spacial score (nSPS) is 14.2. The number of hydrogen-bond acceptors (Lipinski definition) is 4.